The number of nitrogens with zero attached hydrogens (tertiary/aromatic N) is 2. The number of nitrogens with one attached hydrogen (secondary N) is 2. The van der Waals surface area contributed by atoms with Gasteiger partial charge in [0.25, 0.3) is 0 Å². The molecular formula is C13H19N5O. The molecule has 19 heavy (non-hydrogen) atoms. The molecule has 0 aliphatic heterocycles. The zero-order chi connectivity index (χ0) is 13.8. The van der Waals surface area contributed by atoms with Crippen LogP contribution in [0.2, 0.25) is 0 Å². The van der Waals surface area contributed by atoms with Crippen LogP contribution in [0.3, 0.4) is 0 Å². The summed E-state index contributed by atoms with van der Waals surface area (Å²) in [5.41, 5.74) is 2.54. The fraction of sp³-hybridized carbons (Fsp3) is 0.385. The highest BCUT2D eigenvalue weighted by molar-refractivity contribution is 5.47. The fourth-order valence-corrected chi connectivity index (χ4v) is 1.78. The van der Waals surface area contributed by atoms with E-state index in [9.17, 15) is 0 Å². The summed E-state index contributed by atoms with van der Waals surface area (Å²) in [6.45, 7) is 5.94. The van der Waals surface area contributed by atoms with Gasteiger partial charge in [-0.2, -0.15) is 0 Å². The van der Waals surface area contributed by atoms with Crippen LogP contribution < -0.4 is 16.6 Å². The average Bonchev–Trinajstić information content (AvgIpc) is 2.85. The summed E-state index contributed by atoms with van der Waals surface area (Å²) in [5.74, 6) is 9.22. The summed E-state index contributed by atoms with van der Waals surface area (Å²) in [6.07, 6.45) is 0.748. The molecule has 1 atom stereocenters. The van der Waals surface area contributed by atoms with Gasteiger partial charge in [0.2, 0.25) is 0 Å². The maximum atomic E-state index is 5.58. The fourth-order valence-electron chi connectivity index (χ4n) is 1.78. The zero-order valence-electron chi connectivity index (χ0n) is 11.4. The molecule has 6 nitrogen and oxygen atoms in total. The standard InChI is InChI=1S/C13H19N5O/c1-4-11-16-12(7-13(17-11)18-14)15-9(3)10-6-5-8(2)19-10/h5-7,9H,4,14H2,1-3H3,(H2,15,16,17,18). The van der Waals surface area contributed by atoms with E-state index in [0.29, 0.717) is 5.82 Å². The lowest BCUT2D eigenvalue weighted by Crippen LogP contribution is -2.13. The first-order valence-electron chi connectivity index (χ1n) is 6.29. The zero-order valence-corrected chi connectivity index (χ0v) is 11.4. The van der Waals surface area contributed by atoms with Gasteiger partial charge in [0.1, 0.15) is 29.0 Å². The summed E-state index contributed by atoms with van der Waals surface area (Å²) in [7, 11) is 0. The van der Waals surface area contributed by atoms with Crippen LogP contribution >= 0.6 is 0 Å². The minimum absolute atomic E-state index is 0.0268. The van der Waals surface area contributed by atoms with Gasteiger partial charge in [-0.25, -0.2) is 15.8 Å². The number of nitrogen functional groups attached to an aromatic ring is 1. The van der Waals surface area contributed by atoms with E-state index in [1.165, 1.54) is 0 Å². The van der Waals surface area contributed by atoms with Gasteiger partial charge in [0.05, 0.1) is 6.04 Å². The minimum Gasteiger partial charge on any atom is -0.464 e. The molecule has 2 heterocycles. The number of hydrazine groups is 1. The number of furan rings is 1. The Hall–Kier alpha value is -2.08. The second-order valence-electron chi connectivity index (χ2n) is 4.37. The molecule has 0 aliphatic carbocycles. The lowest BCUT2D eigenvalue weighted by Gasteiger charge is -2.13. The molecule has 0 saturated heterocycles. The quantitative estimate of drug-likeness (QED) is 0.565. The van der Waals surface area contributed by atoms with Crippen molar-refractivity contribution >= 4 is 11.6 Å². The third-order valence-corrected chi connectivity index (χ3v) is 2.79. The molecule has 2 aromatic heterocycles. The van der Waals surface area contributed by atoms with Crippen molar-refractivity contribution in [3.05, 3.63) is 35.5 Å². The van der Waals surface area contributed by atoms with E-state index in [2.05, 4.69) is 20.7 Å². The van der Waals surface area contributed by atoms with Crippen molar-refractivity contribution in [3.8, 4) is 0 Å². The summed E-state index contributed by atoms with van der Waals surface area (Å²) in [5, 5.41) is 3.28. The van der Waals surface area contributed by atoms with Gasteiger partial charge in [-0.3, -0.25) is 0 Å². The van der Waals surface area contributed by atoms with Crippen molar-refractivity contribution in [2.75, 3.05) is 10.7 Å². The largest absolute Gasteiger partial charge is 0.464 e. The molecule has 4 N–H and O–H groups in total. The molecule has 0 bridgehead atoms. The molecule has 6 heteroatoms. The SMILES string of the molecule is CCc1nc(NN)cc(NC(C)c2ccc(C)o2)n1. The third-order valence-electron chi connectivity index (χ3n) is 2.79. The van der Waals surface area contributed by atoms with E-state index in [-0.39, 0.29) is 6.04 Å². The van der Waals surface area contributed by atoms with Crippen molar-refractivity contribution in [2.45, 2.75) is 33.2 Å². The van der Waals surface area contributed by atoms with E-state index in [1.54, 1.807) is 6.07 Å². The Morgan fingerprint density at radius 3 is 2.63 bits per heavy atom. The van der Waals surface area contributed by atoms with Gasteiger partial charge in [0, 0.05) is 12.5 Å². The molecule has 0 spiro atoms. The maximum Gasteiger partial charge on any atom is 0.145 e. The van der Waals surface area contributed by atoms with E-state index < -0.39 is 0 Å². The van der Waals surface area contributed by atoms with E-state index in [1.807, 2.05) is 32.9 Å². The molecule has 0 amide bonds. The van der Waals surface area contributed by atoms with Crippen molar-refractivity contribution in [1.82, 2.24) is 9.97 Å². The summed E-state index contributed by atoms with van der Waals surface area (Å²) >= 11 is 0. The van der Waals surface area contributed by atoms with Crippen molar-refractivity contribution < 1.29 is 4.42 Å². The molecule has 1 unspecified atom stereocenters. The molecule has 0 radical (unpaired) electrons. The van der Waals surface area contributed by atoms with Crippen molar-refractivity contribution in [3.63, 3.8) is 0 Å². The number of rotatable bonds is 5. The number of anilines is 2. The predicted molar refractivity (Wildman–Crippen MR) is 74.7 cm³/mol. The van der Waals surface area contributed by atoms with Gasteiger partial charge in [-0.15, -0.1) is 0 Å². The molecule has 102 valence electrons. The Bertz CT molecular complexity index is 529. The molecule has 2 rings (SSSR count). The van der Waals surface area contributed by atoms with Gasteiger partial charge in [-0.05, 0) is 26.0 Å². The Morgan fingerprint density at radius 2 is 2.05 bits per heavy atom. The summed E-state index contributed by atoms with van der Waals surface area (Å²) in [6, 6.07) is 5.69. The van der Waals surface area contributed by atoms with E-state index in [4.69, 9.17) is 10.3 Å². The monoisotopic (exact) mass is 261 g/mol. The van der Waals surface area contributed by atoms with Crippen LogP contribution in [0.5, 0.6) is 0 Å². The highest BCUT2D eigenvalue weighted by Gasteiger charge is 2.11. The van der Waals surface area contributed by atoms with Crippen molar-refractivity contribution in [1.29, 1.82) is 0 Å². The average molecular weight is 261 g/mol. The normalized spacial score (nSPS) is 12.2. The first kappa shape index (κ1) is 13.4. The van der Waals surface area contributed by atoms with Gasteiger partial charge in [-0.1, -0.05) is 6.92 Å². The Kier molecular flexibility index (Phi) is 4.01. The number of aromatic nitrogens is 2. The number of nitrogens with two attached hydrogens (primary N) is 1. The van der Waals surface area contributed by atoms with Crippen LogP contribution in [-0.2, 0) is 6.42 Å². The van der Waals surface area contributed by atoms with Gasteiger partial charge in [0.15, 0.2) is 0 Å². The summed E-state index contributed by atoms with van der Waals surface area (Å²) in [4.78, 5) is 8.66. The molecule has 2 aromatic rings. The van der Waals surface area contributed by atoms with Crippen LogP contribution in [0.25, 0.3) is 0 Å². The lowest BCUT2D eigenvalue weighted by molar-refractivity contribution is 0.466. The Balaban J connectivity index is 2.18. The second-order valence-corrected chi connectivity index (χ2v) is 4.37. The molecule has 0 aliphatic rings. The van der Waals surface area contributed by atoms with E-state index in [0.717, 1.165) is 29.6 Å². The van der Waals surface area contributed by atoms with Crippen LogP contribution in [0, 0.1) is 6.92 Å². The topological polar surface area (TPSA) is 89.0 Å². The van der Waals surface area contributed by atoms with Crippen LogP contribution in [0.15, 0.2) is 22.6 Å². The van der Waals surface area contributed by atoms with Crippen LogP contribution in [0.1, 0.15) is 37.2 Å². The van der Waals surface area contributed by atoms with Gasteiger partial charge >= 0.3 is 0 Å². The molecule has 0 saturated carbocycles. The number of aryl methyl sites for hydroxylation is 2. The molecular weight excluding hydrogens is 242 g/mol. The van der Waals surface area contributed by atoms with Gasteiger partial charge < -0.3 is 15.2 Å². The maximum absolute atomic E-state index is 5.58. The Labute approximate surface area is 112 Å². The lowest BCUT2D eigenvalue weighted by atomic mass is 10.2. The number of hydrogen-bond acceptors (Lipinski definition) is 6. The first-order chi connectivity index (χ1) is 9.12. The minimum atomic E-state index is 0.0268. The number of hydrogen-bond donors (Lipinski definition) is 3. The van der Waals surface area contributed by atoms with E-state index >= 15 is 0 Å². The van der Waals surface area contributed by atoms with Crippen LogP contribution in [-0.4, -0.2) is 9.97 Å². The molecule has 0 aromatic carbocycles. The Morgan fingerprint density at radius 1 is 1.32 bits per heavy atom. The van der Waals surface area contributed by atoms with Crippen molar-refractivity contribution in [2.24, 2.45) is 5.84 Å². The predicted octanol–water partition coefficient (Wildman–Crippen LogP) is 2.40. The second kappa shape index (κ2) is 5.71. The molecule has 0 fully saturated rings. The highest BCUT2D eigenvalue weighted by atomic mass is 16.3. The summed E-state index contributed by atoms with van der Waals surface area (Å²) < 4.78 is 5.58. The van der Waals surface area contributed by atoms with Crippen LogP contribution in [0.4, 0.5) is 11.6 Å². The third kappa shape index (κ3) is 3.23. The highest BCUT2D eigenvalue weighted by Crippen LogP contribution is 2.21. The smallest absolute Gasteiger partial charge is 0.145 e. The first-order valence-corrected chi connectivity index (χ1v) is 6.29.